The molecule has 1 unspecified atom stereocenters. The molecule has 0 radical (unpaired) electrons. The molecule has 2 aromatic carbocycles. The van der Waals surface area contributed by atoms with Gasteiger partial charge in [-0.05, 0) is 55.3 Å². The Bertz CT molecular complexity index is 1210. The lowest BCUT2D eigenvalue weighted by atomic mass is 9.95. The molecule has 8 heteroatoms. The van der Waals surface area contributed by atoms with Crippen LogP contribution >= 0.6 is 15.9 Å². The van der Waals surface area contributed by atoms with E-state index in [1.807, 2.05) is 6.92 Å². The van der Waals surface area contributed by atoms with Gasteiger partial charge in [-0.1, -0.05) is 33.2 Å². The number of ketones is 1. The molecule has 1 aliphatic rings. The third-order valence-electron chi connectivity index (χ3n) is 5.16. The zero-order valence-corrected chi connectivity index (χ0v) is 18.6. The van der Waals surface area contributed by atoms with Gasteiger partial charge in [0.1, 0.15) is 17.3 Å². The van der Waals surface area contributed by atoms with Crippen LogP contribution in [0.4, 0.5) is 5.82 Å². The maximum absolute atomic E-state index is 13.1. The van der Waals surface area contributed by atoms with Crippen LogP contribution in [0, 0.1) is 13.8 Å². The molecule has 1 atom stereocenters. The number of carbonyl (C=O) groups is 2. The number of amides is 1. The Morgan fingerprint density at radius 3 is 2.42 bits per heavy atom. The second-order valence-electron chi connectivity index (χ2n) is 7.20. The molecule has 1 fully saturated rings. The van der Waals surface area contributed by atoms with Crippen LogP contribution in [0.5, 0.6) is 5.75 Å². The van der Waals surface area contributed by atoms with E-state index in [9.17, 15) is 14.7 Å². The molecule has 0 saturated carbocycles. The first-order chi connectivity index (χ1) is 14.8. The number of halogens is 1. The Hall–Kier alpha value is -3.39. The zero-order chi connectivity index (χ0) is 22.3. The quantitative estimate of drug-likeness (QED) is 0.329. The van der Waals surface area contributed by atoms with Crippen molar-refractivity contribution in [1.82, 2.24) is 5.16 Å². The molecule has 1 amide bonds. The molecule has 0 bridgehead atoms. The van der Waals surface area contributed by atoms with Crippen molar-refractivity contribution in [1.29, 1.82) is 0 Å². The van der Waals surface area contributed by atoms with Gasteiger partial charge in [0.25, 0.3) is 5.78 Å². The molecule has 1 aliphatic heterocycles. The molecule has 0 spiro atoms. The molecule has 7 nitrogen and oxygen atoms in total. The monoisotopic (exact) mass is 482 g/mol. The lowest BCUT2D eigenvalue weighted by Crippen LogP contribution is -2.29. The summed E-state index contributed by atoms with van der Waals surface area (Å²) >= 11 is 3.40. The van der Waals surface area contributed by atoms with Crippen molar-refractivity contribution in [3.8, 4) is 5.75 Å². The van der Waals surface area contributed by atoms with Gasteiger partial charge in [0.05, 0.1) is 18.7 Å². The van der Waals surface area contributed by atoms with Crippen molar-refractivity contribution in [3.05, 3.63) is 81.0 Å². The van der Waals surface area contributed by atoms with Crippen molar-refractivity contribution < 1.29 is 24.0 Å². The molecular formula is C23H19BrN2O5. The van der Waals surface area contributed by atoms with Gasteiger partial charge in [-0.25, -0.2) is 0 Å². The van der Waals surface area contributed by atoms with Gasteiger partial charge in [-0.2, -0.15) is 0 Å². The number of methoxy groups -OCH3 is 1. The van der Waals surface area contributed by atoms with E-state index in [1.54, 1.807) is 62.6 Å². The number of aliphatic hydroxyl groups is 1. The summed E-state index contributed by atoms with van der Waals surface area (Å²) in [6.45, 7) is 3.53. The number of benzene rings is 2. The average molecular weight is 483 g/mol. The van der Waals surface area contributed by atoms with E-state index in [1.165, 1.54) is 4.90 Å². The number of anilines is 1. The lowest BCUT2D eigenvalue weighted by Gasteiger charge is -2.23. The molecule has 1 aromatic heterocycles. The Labute approximate surface area is 187 Å². The Kier molecular flexibility index (Phi) is 5.41. The van der Waals surface area contributed by atoms with Crippen LogP contribution in [0.2, 0.25) is 0 Å². The van der Waals surface area contributed by atoms with Crippen molar-refractivity contribution in [3.63, 3.8) is 0 Å². The predicted molar refractivity (Wildman–Crippen MR) is 118 cm³/mol. The first-order valence-corrected chi connectivity index (χ1v) is 10.3. The number of carbonyl (C=O) groups excluding carboxylic acids is 2. The van der Waals surface area contributed by atoms with E-state index < -0.39 is 17.7 Å². The fourth-order valence-corrected chi connectivity index (χ4v) is 3.94. The van der Waals surface area contributed by atoms with E-state index in [0.29, 0.717) is 22.6 Å². The van der Waals surface area contributed by atoms with Crippen molar-refractivity contribution in [2.24, 2.45) is 0 Å². The second-order valence-corrected chi connectivity index (χ2v) is 8.12. The third kappa shape index (κ3) is 3.63. The summed E-state index contributed by atoms with van der Waals surface area (Å²) in [6.07, 6.45) is 0. The van der Waals surface area contributed by atoms with Gasteiger partial charge in [0, 0.05) is 16.1 Å². The Balaban J connectivity index is 1.93. The summed E-state index contributed by atoms with van der Waals surface area (Å²) in [7, 11) is 1.56. The van der Waals surface area contributed by atoms with E-state index in [0.717, 1.165) is 10.0 Å². The molecule has 2 heterocycles. The molecule has 1 N–H and O–H groups in total. The highest BCUT2D eigenvalue weighted by atomic mass is 79.9. The number of aliphatic hydroxyl groups excluding tert-OH is 1. The highest BCUT2D eigenvalue weighted by molar-refractivity contribution is 9.10. The number of hydrogen-bond acceptors (Lipinski definition) is 6. The van der Waals surface area contributed by atoms with Crippen LogP contribution in [0.15, 0.2) is 63.1 Å². The number of ether oxygens (including phenoxy) is 1. The van der Waals surface area contributed by atoms with Gasteiger partial charge in [0.15, 0.2) is 5.82 Å². The fourth-order valence-electron chi connectivity index (χ4n) is 3.68. The maximum Gasteiger partial charge on any atom is 0.301 e. The van der Waals surface area contributed by atoms with E-state index >= 15 is 0 Å². The van der Waals surface area contributed by atoms with E-state index in [-0.39, 0.29) is 17.2 Å². The van der Waals surface area contributed by atoms with Crippen molar-refractivity contribution in [2.45, 2.75) is 19.9 Å². The fraction of sp³-hybridized carbons (Fsp3) is 0.174. The molecular weight excluding hydrogens is 464 g/mol. The lowest BCUT2D eigenvalue weighted by molar-refractivity contribution is -0.132. The third-order valence-corrected chi connectivity index (χ3v) is 5.69. The standard InChI is InChI=1S/C23H19BrN2O5/c1-12-10-15(6-9-17(12)30-3)21(27)19-20(14-4-7-16(24)8-5-14)26(23(29)22(19)28)18-11-13(2)31-25-18/h4-11,20,27H,1-3H3/b21-19+. The molecule has 158 valence electrons. The largest absolute Gasteiger partial charge is 0.507 e. The summed E-state index contributed by atoms with van der Waals surface area (Å²) in [5.41, 5.74) is 1.83. The van der Waals surface area contributed by atoms with Crippen LogP contribution in [0.25, 0.3) is 5.76 Å². The average Bonchev–Trinajstić information content (AvgIpc) is 3.29. The van der Waals surface area contributed by atoms with Crippen LogP contribution in [0.3, 0.4) is 0 Å². The number of Topliss-reactive ketones (excluding diaryl/α,β-unsaturated/α-hetero) is 1. The minimum atomic E-state index is -0.861. The molecule has 1 saturated heterocycles. The zero-order valence-electron chi connectivity index (χ0n) is 17.0. The minimum Gasteiger partial charge on any atom is -0.507 e. The van der Waals surface area contributed by atoms with Crippen LogP contribution in [0.1, 0.15) is 28.5 Å². The number of aromatic nitrogens is 1. The summed E-state index contributed by atoms with van der Waals surface area (Å²) in [5, 5.41) is 15.1. The van der Waals surface area contributed by atoms with Crippen LogP contribution in [-0.2, 0) is 9.59 Å². The first-order valence-electron chi connectivity index (χ1n) is 9.46. The van der Waals surface area contributed by atoms with Gasteiger partial charge < -0.3 is 14.4 Å². The van der Waals surface area contributed by atoms with Crippen LogP contribution < -0.4 is 9.64 Å². The SMILES string of the molecule is COc1ccc(/C(O)=C2\C(=O)C(=O)N(c3cc(C)on3)C2c2ccc(Br)cc2)cc1C. The van der Waals surface area contributed by atoms with Gasteiger partial charge in [-0.3, -0.25) is 14.5 Å². The first kappa shape index (κ1) is 20.9. The van der Waals surface area contributed by atoms with Gasteiger partial charge in [0.2, 0.25) is 0 Å². The predicted octanol–water partition coefficient (Wildman–Crippen LogP) is 4.69. The maximum atomic E-state index is 13.1. The minimum absolute atomic E-state index is 0.0162. The molecule has 31 heavy (non-hydrogen) atoms. The Morgan fingerprint density at radius 2 is 1.84 bits per heavy atom. The van der Waals surface area contributed by atoms with E-state index in [2.05, 4.69) is 21.1 Å². The number of aryl methyl sites for hydroxylation is 2. The summed E-state index contributed by atoms with van der Waals surface area (Å²) < 4.78 is 11.2. The normalized spacial score (nSPS) is 17.9. The number of nitrogens with zero attached hydrogens (tertiary/aromatic N) is 2. The van der Waals surface area contributed by atoms with E-state index in [4.69, 9.17) is 9.26 Å². The molecule has 4 rings (SSSR count). The van der Waals surface area contributed by atoms with Crippen molar-refractivity contribution in [2.75, 3.05) is 12.0 Å². The molecule has 3 aromatic rings. The van der Waals surface area contributed by atoms with Gasteiger partial charge >= 0.3 is 5.91 Å². The Morgan fingerprint density at radius 1 is 1.13 bits per heavy atom. The summed E-state index contributed by atoms with van der Waals surface area (Å²) in [5.74, 6) is -0.485. The highest BCUT2D eigenvalue weighted by Gasteiger charge is 2.48. The summed E-state index contributed by atoms with van der Waals surface area (Å²) in [4.78, 5) is 27.3. The van der Waals surface area contributed by atoms with Crippen molar-refractivity contribution >= 4 is 39.2 Å². The molecule has 0 aliphatic carbocycles. The summed E-state index contributed by atoms with van der Waals surface area (Å²) in [6, 6.07) is 13.0. The van der Waals surface area contributed by atoms with Gasteiger partial charge in [-0.15, -0.1) is 0 Å². The number of hydrogen-bond donors (Lipinski definition) is 1. The van der Waals surface area contributed by atoms with Crippen LogP contribution in [-0.4, -0.2) is 29.1 Å². The highest BCUT2D eigenvalue weighted by Crippen LogP contribution is 2.42. The second kappa shape index (κ2) is 8.03. The topological polar surface area (TPSA) is 92.9 Å². The number of rotatable bonds is 4. The smallest absolute Gasteiger partial charge is 0.301 e.